The van der Waals surface area contributed by atoms with E-state index in [4.69, 9.17) is 0 Å². The van der Waals surface area contributed by atoms with Crippen LogP contribution in [0.2, 0.25) is 0 Å². The smallest absolute Gasteiger partial charge is 0.0700 e. The van der Waals surface area contributed by atoms with Gasteiger partial charge in [0, 0.05) is 0 Å². The number of halogens is 1. The van der Waals surface area contributed by atoms with E-state index in [0.29, 0.717) is 5.92 Å². The Morgan fingerprint density at radius 3 is 2.15 bits per heavy atom. The highest BCUT2D eigenvalue weighted by molar-refractivity contribution is 5.85. The minimum Gasteiger partial charge on any atom is -0.390 e. The largest absolute Gasteiger partial charge is 0.390 e. The van der Waals surface area contributed by atoms with Crippen molar-refractivity contribution in [3.63, 3.8) is 0 Å². The van der Waals surface area contributed by atoms with Crippen LogP contribution in [0.1, 0.15) is 38.5 Å². The molecular weight excluding hydrogens is 186 g/mol. The predicted molar refractivity (Wildman–Crippen MR) is 56.3 cm³/mol. The van der Waals surface area contributed by atoms with Gasteiger partial charge in [0.15, 0.2) is 0 Å². The fraction of sp³-hybridized carbons (Fsp3) is 1.00. The third-order valence-corrected chi connectivity index (χ3v) is 3.58. The molecule has 78 valence electrons. The zero-order valence-electron chi connectivity index (χ0n) is 8.09. The van der Waals surface area contributed by atoms with E-state index in [2.05, 4.69) is 5.32 Å². The summed E-state index contributed by atoms with van der Waals surface area (Å²) in [5.41, 5.74) is -0.304. The van der Waals surface area contributed by atoms with Crippen LogP contribution < -0.4 is 5.32 Å². The van der Waals surface area contributed by atoms with Crippen LogP contribution in [0.5, 0.6) is 0 Å². The summed E-state index contributed by atoms with van der Waals surface area (Å²) in [6.45, 7) is 2.01. The summed E-state index contributed by atoms with van der Waals surface area (Å²) in [6, 6.07) is 0. The summed E-state index contributed by atoms with van der Waals surface area (Å²) in [4.78, 5) is 0. The van der Waals surface area contributed by atoms with Gasteiger partial charge in [-0.1, -0.05) is 12.8 Å². The Kier molecular flexibility index (Phi) is 4.02. The van der Waals surface area contributed by atoms with Gasteiger partial charge in [-0.15, -0.1) is 12.4 Å². The molecule has 1 heterocycles. The predicted octanol–water partition coefficient (Wildman–Crippen LogP) is 1.71. The fourth-order valence-electron chi connectivity index (χ4n) is 2.73. The van der Waals surface area contributed by atoms with Crippen LogP contribution >= 0.6 is 12.4 Å². The third kappa shape index (κ3) is 2.36. The van der Waals surface area contributed by atoms with Crippen molar-refractivity contribution in [3.05, 3.63) is 0 Å². The monoisotopic (exact) mass is 205 g/mol. The van der Waals surface area contributed by atoms with Crippen molar-refractivity contribution >= 4 is 12.4 Å². The first-order valence-electron chi connectivity index (χ1n) is 5.24. The number of aliphatic hydroxyl groups is 1. The van der Waals surface area contributed by atoms with Gasteiger partial charge in [0.2, 0.25) is 0 Å². The zero-order chi connectivity index (χ0) is 8.44. The third-order valence-electron chi connectivity index (χ3n) is 3.58. The molecule has 1 aliphatic heterocycles. The van der Waals surface area contributed by atoms with E-state index < -0.39 is 0 Å². The molecule has 0 atom stereocenters. The average molecular weight is 206 g/mol. The molecule has 1 saturated heterocycles. The average Bonchev–Trinajstić information content (AvgIpc) is 2.58. The van der Waals surface area contributed by atoms with Crippen LogP contribution in [-0.4, -0.2) is 23.8 Å². The van der Waals surface area contributed by atoms with Gasteiger partial charge in [-0.25, -0.2) is 0 Å². The Labute approximate surface area is 86.5 Å². The van der Waals surface area contributed by atoms with E-state index in [9.17, 15) is 5.11 Å². The molecule has 0 amide bonds. The maximum Gasteiger partial charge on any atom is 0.0700 e. The number of hydrogen-bond donors (Lipinski definition) is 2. The zero-order valence-corrected chi connectivity index (χ0v) is 8.91. The van der Waals surface area contributed by atoms with E-state index in [1.807, 2.05) is 0 Å². The maximum absolute atomic E-state index is 10.3. The molecular formula is C10H20ClNO. The van der Waals surface area contributed by atoms with Gasteiger partial charge in [-0.2, -0.15) is 0 Å². The lowest BCUT2D eigenvalue weighted by molar-refractivity contribution is -0.0413. The van der Waals surface area contributed by atoms with Crippen molar-refractivity contribution in [2.75, 3.05) is 13.1 Å². The Balaban J connectivity index is 0.000000845. The van der Waals surface area contributed by atoms with E-state index in [1.165, 1.54) is 25.7 Å². The minimum absolute atomic E-state index is 0. The van der Waals surface area contributed by atoms with Crippen LogP contribution in [0.25, 0.3) is 0 Å². The number of rotatable bonds is 1. The van der Waals surface area contributed by atoms with Crippen molar-refractivity contribution in [2.24, 2.45) is 5.92 Å². The minimum atomic E-state index is -0.304. The molecule has 0 aromatic rings. The van der Waals surface area contributed by atoms with Crippen molar-refractivity contribution in [3.8, 4) is 0 Å². The van der Waals surface area contributed by atoms with Crippen LogP contribution in [0.4, 0.5) is 0 Å². The molecule has 13 heavy (non-hydrogen) atoms. The number of piperidine rings is 1. The summed E-state index contributed by atoms with van der Waals surface area (Å²) in [7, 11) is 0. The molecule has 1 saturated carbocycles. The highest BCUT2D eigenvalue weighted by Gasteiger charge is 2.38. The molecule has 2 nitrogen and oxygen atoms in total. The quantitative estimate of drug-likeness (QED) is 0.683. The second-order valence-corrected chi connectivity index (χ2v) is 4.33. The summed E-state index contributed by atoms with van der Waals surface area (Å²) >= 11 is 0. The SMILES string of the molecule is Cl.OC1(C2CCCC2)CCNCC1. The Morgan fingerprint density at radius 2 is 1.62 bits per heavy atom. The second kappa shape index (κ2) is 4.63. The molecule has 2 fully saturated rings. The van der Waals surface area contributed by atoms with Gasteiger partial charge < -0.3 is 10.4 Å². The van der Waals surface area contributed by atoms with Gasteiger partial charge >= 0.3 is 0 Å². The van der Waals surface area contributed by atoms with Gasteiger partial charge in [0.1, 0.15) is 0 Å². The molecule has 2 N–H and O–H groups in total. The Hall–Kier alpha value is 0.210. The molecule has 1 aliphatic carbocycles. The van der Waals surface area contributed by atoms with Crippen molar-refractivity contribution in [2.45, 2.75) is 44.1 Å². The van der Waals surface area contributed by atoms with Gasteiger partial charge in [0.25, 0.3) is 0 Å². The first-order valence-corrected chi connectivity index (χ1v) is 5.24. The molecule has 0 spiro atoms. The summed E-state index contributed by atoms with van der Waals surface area (Å²) in [6.07, 6.45) is 7.13. The lowest BCUT2D eigenvalue weighted by atomic mass is 9.79. The molecule has 3 heteroatoms. The first kappa shape index (κ1) is 11.3. The highest BCUT2D eigenvalue weighted by Crippen LogP contribution is 2.38. The Morgan fingerprint density at radius 1 is 1.08 bits per heavy atom. The topological polar surface area (TPSA) is 32.3 Å². The molecule has 0 unspecified atom stereocenters. The fourth-order valence-corrected chi connectivity index (χ4v) is 2.73. The molecule has 0 bridgehead atoms. The summed E-state index contributed by atoms with van der Waals surface area (Å²) < 4.78 is 0. The van der Waals surface area contributed by atoms with Gasteiger partial charge in [0.05, 0.1) is 5.60 Å². The second-order valence-electron chi connectivity index (χ2n) is 4.33. The molecule has 0 aromatic carbocycles. The van der Waals surface area contributed by atoms with Crippen LogP contribution in [0, 0.1) is 5.92 Å². The Bertz CT molecular complexity index is 151. The number of hydrogen-bond acceptors (Lipinski definition) is 2. The van der Waals surface area contributed by atoms with Gasteiger partial charge in [-0.05, 0) is 44.7 Å². The van der Waals surface area contributed by atoms with Crippen molar-refractivity contribution in [1.29, 1.82) is 0 Å². The van der Waals surface area contributed by atoms with Gasteiger partial charge in [-0.3, -0.25) is 0 Å². The summed E-state index contributed by atoms with van der Waals surface area (Å²) in [5, 5.41) is 13.6. The number of nitrogens with one attached hydrogen (secondary N) is 1. The molecule has 0 radical (unpaired) electrons. The molecule has 2 rings (SSSR count). The van der Waals surface area contributed by atoms with E-state index in [-0.39, 0.29) is 18.0 Å². The molecule has 0 aromatic heterocycles. The normalized spacial score (nSPS) is 28.4. The van der Waals surface area contributed by atoms with E-state index in [1.54, 1.807) is 0 Å². The standard InChI is InChI=1S/C10H19NO.ClH/c12-10(5-7-11-8-6-10)9-3-1-2-4-9;/h9,11-12H,1-8H2;1H. The van der Waals surface area contributed by atoms with Crippen LogP contribution in [0.3, 0.4) is 0 Å². The maximum atomic E-state index is 10.3. The van der Waals surface area contributed by atoms with E-state index >= 15 is 0 Å². The van der Waals surface area contributed by atoms with Crippen LogP contribution in [0.15, 0.2) is 0 Å². The highest BCUT2D eigenvalue weighted by atomic mass is 35.5. The van der Waals surface area contributed by atoms with Crippen LogP contribution in [-0.2, 0) is 0 Å². The van der Waals surface area contributed by atoms with E-state index in [0.717, 1.165) is 25.9 Å². The molecule has 2 aliphatic rings. The van der Waals surface area contributed by atoms with Crippen molar-refractivity contribution < 1.29 is 5.11 Å². The lowest BCUT2D eigenvalue weighted by Crippen LogP contribution is -2.46. The summed E-state index contributed by atoms with van der Waals surface area (Å²) in [5.74, 6) is 0.611. The lowest BCUT2D eigenvalue weighted by Gasteiger charge is -2.37. The van der Waals surface area contributed by atoms with Crippen molar-refractivity contribution in [1.82, 2.24) is 5.32 Å². The first-order chi connectivity index (χ1) is 5.81.